The Balaban J connectivity index is 2.19. The van der Waals surface area contributed by atoms with Gasteiger partial charge in [-0.15, -0.1) is 0 Å². The van der Waals surface area contributed by atoms with Crippen LogP contribution in [0.15, 0.2) is 18.2 Å². The molecule has 1 aliphatic carbocycles. The highest BCUT2D eigenvalue weighted by atomic mass is 16.5. The Morgan fingerprint density at radius 2 is 2.18 bits per heavy atom. The molecule has 0 heterocycles. The monoisotopic (exact) mass is 234 g/mol. The van der Waals surface area contributed by atoms with E-state index in [-0.39, 0.29) is 5.92 Å². The first-order valence-corrected chi connectivity index (χ1v) is 6.02. The summed E-state index contributed by atoms with van der Waals surface area (Å²) in [7, 11) is 1.64. The molecule has 0 aliphatic heterocycles. The molecule has 1 aromatic rings. The Bertz CT molecular complexity index is 396. The topological polar surface area (TPSA) is 35.5 Å². The van der Waals surface area contributed by atoms with Gasteiger partial charge in [0.05, 0.1) is 13.2 Å². The van der Waals surface area contributed by atoms with Crippen molar-refractivity contribution in [3.8, 4) is 11.5 Å². The first kappa shape index (κ1) is 12.0. The average Bonchev–Trinajstić information content (AvgIpc) is 3.13. The van der Waals surface area contributed by atoms with E-state index in [0.29, 0.717) is 12.5 Å². The molecule has 0 bridgehead atoms. The fraction of sp³-hybridized carbons (Fsp3) is 0.500. The Morgan fingerprint density at radius 3 is 2.76 bits per heavy atom. The molecule has 1 atom stereocenters. The first-order valence-electron chi connectivity index (χ1n) is 6.02. The molecular weight excluding hydrogens is 216 g/mol. The van der Waals surface area contributed by atoms with E-state index in [2.05, 4.69) is 0 Å². The Morgan fingerprint density at radius 1 is 1.41 bits per heavy atom. The molecule has 0 aromatic heterocycles. The van der Waals surface area contributed by atoms with Crippen LogP contribution in [0.25, 0.3) is 0 Å². The molecule has 3 heteroatoms. The van der Waals surface area contributed by atoms with Crippen LogP contribution in [0.3, 0.4) is 0 Å². The van der Waals surface area contributed by atoms with Gasteiger partial charge in [0.2, 0.25) is 0 Å². The number of ether oxygens (including phenoxy) is 2. The molecule has 1 saturated carbocycles. The maximum atomic E-state index is 10.5. The minimum Gasteiger partial charge on any atom is -0.493 e. The molecule has 2 rings (SSSR count). The minimum absolute atomic E-state index is 0.222. The zero-order chi connectivity index (χ0) is 12.3. The predicted molar refractivity (Wildman–Crippen MR) is 65.7 cm³/mol. The number of methoxy groups -OCH3 is 1. The Kier molecular flexibility index (Phi) is 3.67. The van der Waals surface area contributed by atoms with Crippen molar-refractivity contribution in [3.05, 3.63) is 23.8 Å². The van der Waals surface area contributed by atoms with E-state index in [1.165, 1.54) is 0 Å². The third kappa shape index (κ3) is 2.99. The van der Waals surface area contributed by atoms with Gasteiger partial charge in [-0.1, -0.05) is 13.0 Å². The standard InChI is InChI=1S/C14H18O3/c1-10(7-8-15)11-3-6-13(16-2)14(9-11)17-12-4-5-12/h3,6,8-10,12H,4-5,7H2,1-2H3. The molecule has 0 spiro atoms. The second-order valence-electron chi connectivity index (χ2n) is 4.53. The van der Waals surface area contributed by atoms with Crippen LogP contribution in [-0.4, -0.2) is 19.5 Å². The number of benzene rings is 1. The lowest BCUT2D eigenvalue weighted by Gasteiger charge is -2.14. The molecule has 0 radical (unpaired) electrons. The molecule has 1 fully saturated rings. The summed E-state index contributed by atoms with van der Waals surface area (Å²) in [5.41, 5.74) is 1.12. The number of carbonyl (C=O) groups is 1. The van der Waals surface area contributed by atoms with Crippen LogP contribution in [0.1, 0.15) is 37.7 Å². The van der Waals surface area contributed by atoms with Crippen LogP contribution in [0.4, 0.5) is 0 Å². The molecule has 17 heavy (non-hydrogen) atoms. The van der Waals surface area contributed by atoms with Gasteiger partial charge >= 0.3 is 0 Å². The Labute approximate surface area is 102 Å². The van der Waals surface area contributed by atoms with E-state index < -0.39 is 0 Å². The second-order valence-corrected chi connectivity index (χ2v) is 4.53. The summed E-state index contributed by atoms with van der Waals surface area (Å²) in [6, 6.07) is 5.90. The number of hydrogen-bond donors (Lipinski definition) is 0. The van der Waals surface area contributed by atoms with Crippen LogP contribution in [0, 0.1) is 0 Å². The fourth-order valence-corrected chi connectivity index (χ4v) is 1.74. The van der Waals surface area contributed by atoms with Crippen molar-refractivity contribution in [2.45, 2.75) is 38.2 Å². The highest BCUT2D eigenvalue weighted by molar-refractivity contribution is 5.52. The number of hydrogen-bond acceptors (Lipinski definition) is 3. The zero-order valence-corrected chi connectivity index (χ0v) is 10.3. The molecular formula is C14H18O3. The van der Waals surface area contributed by atoms with Crippen molar-refractivity contribution < 1.29 is 14.3 Å². The van der Waals surface area contributed by atoms with E-state index in [0.717, 1.165) is 36.2 Å². The molecule has 0 amide bonds. The van der Waals surface area contributed by atoms with Crippen molar-refractivity contribution in [2.75, 3.05) is 7.11 Å². The van der Waals surface area contributed by atoms with Crippen LogP contribution < -0.4 is 9.47 Å². The number of rotatable bonds is 6. The third-order valence-corrected chi connectivity index (χ3v) is 3.02. The van der Waals surface area contributed by atoms with Crippen molar-refractivity contribution in [1.29, 1.82) is 0 Å². The second kappa shape index (κ2) is 5.21. The highest BCUT2D eigenvalue weighted by Crippen LogP contribution is 2.36. The fourth-order valence-electron chi connectivity index (χ4n) is 1.74. The van der Waals surface area contributed by atoms with Gasteiger partial charge in [-0.3, -0.25) is 0 Å². The molecule has 1 aliphatic rings. The van der Waals surface area contributed by atoms with Gasteiger partial charge < -0.3 is 14.3 Å². The van der Waals surface area contributed by atoms with Gasteiger partial charge in [0.25, 0.3) is 0 Å². The highest BCUT2D eigenvalue weighted by Gasteiger charge is 2.25. The van der Waals surface area contributed by atoms with E-state index >= 15 is 0 Å². The first-order chi connectivity index (χ1) is 8.24. The smallest absolute Gasteiger partial charge is 0.161 e. The summed E-state index contributed by atoms with van der Waals surface area (Å²) in [5.74, 6) is 1.78. The van der Waals surface area contributed by atoms with E-state index in [9.17, 15) is 4.79 Å². The molecule has 3 nitrogen and oxygen atoms in total. The van der Waals surface area contributed by atoms with Crippen LogP contribution >= 0.6 is 0 Å². The Hall–Kier alpha value is -1.51. The van der Waals surface area contributed by atoms with Crippen molar-refractivity contribution in [3.63, 3.8) is 0 Å². The summed E-state index contributed by atoms with van der Waals surface area (Å²) in [6.07, 6.45) is 4.08. The van der Waals surface area contributed by atoms with E-state index in [1.807, 2.05) is 25.1 Å². The molecule has 1 aromatic carbocycles. The van der Waals surface area contributed by atoms with Crippen LogP contribution in [0.2, 0.25) is 0 Å². The number of aldehydes is 1. The summed E-state index contributed by atoms with van der Waals surface area (Å²) in [4.78, 5) is 10.5. The SMILES string of the molecule is COc1ccc(C(C)CC=O)cc1OC1CC1. The van der Waals surface area contributed by atoms with Gasteiger partial charge in [0.15, 0.2) is 11.5 Å². The molecule has 0 N–H and O–H groups in total. The summed E-state index contributed by atoms with van der Waals surface area (Å²) in [5, 5.41) is 0. The predicted octanol–water partition coefficient (Wildman–Crippen LogP) is 2.93. The van der Waals surface area contributed by atoms with Gasteiger partial charge in [-0.25, -0.2) is 0 Å². The summed E-state index contributed by atoms with van der Waals surface area (Å²) in [6.45, 7) is 2.04. The lowest BCUT2D eigenvalue weighted by Crippen LogP contribution is -2.01. The zero-order valence-electron chi connectivity index (χ0n) is 10.3. The van der Waals surface area contributed by atoms with Gasteiger partial charge in [0.1, 0.15) is 6.29 Å². The van der Waals surface area contributed by atoms with Gasteiger partial charge in [-0.05, 0) is 36.5 Å². The molecule has 0 saturated heterocycles. The molecule has 92 valence electrons. The summed E-state index contributed by atoms with van der Waals surface area (Å²) < 4.78 is 11.1. The summed E-state index contributed by atoms with van der Waals surface area (Å²) >= 11 is 0. The van der Waals surface area contributed by atoms with Crippen molar-refractivity contribution in [1.82, 2.24) is 0 Å². The maximum absolute atomic E-state index is 10.5. The van der Waals surface area contributed by atoms with Crippen LogP contribution in [0.5, 0.6) is 11.5 Å². The third-order valence-electron chi connectivity index (χ3n) is 3.02. The number of carbonyl (C=O) groups excluding carboxylic acids is 1. The van der Waals surface area contributed by atoms with E-state index in [1.54, 1.807) is 7.11 Å². The van der Waals surface area contributed by atoms with Gasteiger partial charge in [-0.2, -0.15) is 0 Å². The van der Waals surface area contributed by atoms with E-state index in [4.69, 9.17) is 9.47 Å². The lowest BCUT2D eigenvalue weighted by atomic mass is 9.98. The maximum Gasteiger partial charge on any atom is 0.161 e. The normalized spacial score (nSPS) is 16.4. The lowest BCUT2D eigenvalue weighted by molar-refractivity contribution is -0.108. The van der Waals surface area contributed by atoms with Crippen LogP contribution in [-0.2, 0) is 4.79 Å². The van der Waals surface area contributed by atoms with Crippen molar-refractivity contribution >= 4 is 6.29 Å². The van der Waals surface area contributed by atoms with Crippen molar-refractivity contribution in [2.24, 2.45) is 0 Å². The quantitative estimate of drug-likeness (QED) is 0.710. The molecule has 1 unspecified atom stereocenters. The average molecular weight is 234 g/mol. The van der Waals surface area contributed by atoms with Gasteiger partial charge in [0, 0.05) is 6.42 Å². The minimum atomic E-state index is 0.222. The largest absolute Gasteiger partial charge is 0.493 e.